The van der Waals surface area contributed by atoms with Crippen molar-refractivity contribution in [3.8, 4) is 0 Å². The van der Waals surface area contributed by atoms with E-state index in [1.807, 2.05) is 0 Å². The molecule has 0 spiro atoms. The molecule has 0 unspecified atom stereocenters. The van der Waals surface area contributed by atoms with E-state index in [1.54, 1.807) is 36.5 Å². The number of allylic oxidation sites excluding steroid dienone is 6. The molecule has 86 valence electrons. The van der Waals surface area contributed by atoms with E-state index in [0.29, 0.717) is 0 Å². The number of hydrogen-bond donors (Lipinski definition) is 0. The SMILES string of the molecule is C=CC=C[O][Sb]([O]C=CC=C)[O]C=CC=C. The number of rotatable bonds is 9. The van der Waals surface area contributed by atoms with Crippen molar-refractivity contribution < 1.29 is 9.05 Å². The molecule has 0 amide bonds. The molecule has 3 nitrogen and oxygen atoms in total. The Morgan fingerprint density at radius 1 is 0.625 bits per heavy atom. The van der Waals surface area contributed by atoms with Crippen molar-refractivity contribution in [1.82, 2.24) is 0 Å². The van der Waals surface area contributed by atoms with Crippen molar-refractivity contribution in [3.05, 3.63) is 75.0 Å². The Balaban J connectivity index is 4.13. The molecule has 0 aromatic carbocycles. The van der Waals surface area contributed by atoms with Gasteiger partial charge in [-0.15, -0.1) is 0 Å². The summed E-state index contributed by atoms with van der Waals surface area (Å²) in [6.07, 6.45) is 14.3. The van der Waals surface area contributed by atoms with Gasteiger partial charge in [0.15, 0.2) is 0 Å². The topological polar surface area (TPSA) is 27.7 Å². The third-order valence-electron chi connectivity index (χ3n) is 1.08. The molecular weight excluding hydrogens is 314 g/mol. The van der Waals surface area contributed by atoms with Gasteiger partial charge >= 0.3 is 105 Å². The zero-order valence-corrected chi connectivity index (χ0v) is 11.5. The normalized spacial score (nSPS) is 11.1. The molecular formula is C12H15O3Sb. The van der Waals surface area contributed by atoms with Gasteiger partial charge in [0.2, 0.25) is 0 Å². The third kappa shape index (κ3) is 9.22. The first-order valence-electron chi connectivity index (χ1n) is 4.48. The molecule has 0 bridgehead atoms. The summed E-state index contributed by atoms with van der Waals surface area (Å²) in [6, 6.07) is 0. The first kappa shape index (κ1) is 14.7. The molecule has 0 fully saturated rings. The van der Waals surface area contributed by atoms with Gasteiger partial charge in [0, 0.05) is 0 Å². The van der Waals surface area contributed by atoms with Crippen LogP contribution in [0.2, 0.25) is 0 Å². The van der Waals surface area contributed by atoms with Gasteiger partial charge in [0.1, 0.15) is 0 Å². The zero-order valence-electron chi connectivity index (χ0n) is 8.99. The Morgan fingerprint density at radius 3 is 1.19 bits per heavy atom. The van der Waals surface area contributed by atoms with Gasteiger partial charge in [-0.2, -0.15) is 0 Å². The molecule has 0 saturated carbocycles. The fourth-order valence-electron chi connectivity index (χ4n) is 0.496. The number of hydrogen-bond acceptors (Lipinski definition) is 3. The van der Waals surface area contributed by atoms with Crippen LogP contribution in [0.3, 0.4) is 0 Å². The van der Waals surface area contributed by atoms with Crippen LogP contribution in [0.4, 0.5) is 0 Å². The van der Waals surface area contributed by atoms with Crippen LogP contribution in [0.5, 0.6) is 0 Å². The molecule has 0 N–H and O–H groups in total. The van der Waals surface area contributed by atoms with Gasteiger partial charge in [0.05, 0.1) is 0 Å². The minimum absolute atomic E-state index is 1.50. The molecule has 0 saturated heterocycles. The summed E-state index contributed by atoms with van der Waals surface area (Å²) in [5, 5.41) is 0. The molecule has 0 aliphatic heterocycles. The van der Waals surface area contributed by atoms with Crippen molar-refractivity contribution in [2.45, 2.75) is 0 Å². The molecule has 0 atom stereocenters. The average molecular weight is 329 g/mol. The zero-order chi connectivity index (χ0) is 12.1. The van der Waals surface area contributed by atoms with Gasteiger partial charge in [-0.3, -0.25) is 0 Å². The van der Waals surface area contributed by atoms with Crippen LogP contribution in [0, 0.1) is 0 Å². The van der Waals surface area contributed by atoms with E-state index in [0.717, 1.165) is 0 Å². The van der Waals surface area contributed by atoms with Crippen molar-refractivity contribution in [2.24, 2.45) is 0 Å². The fraction of sp³-hybridized carbons (Fsp3) is 0. The summed E-state index contributed by atoms with van der Waals surface area (Å²) in [6.45, 7) is 10.6. The van der Waals surface area contributed by atoms with Gasteiger partial charge in [0.25, 0.3) is 0 Å². The molecule has 0 aromatic rings. The van der Waals surface area contributed by atoms with E-state index < -0.39 is 21.5 Å². The van der Waals surface area contributed by atoms with Crippen molar-refractivity contribution >= 4 is 21.5 Å². The summed E-state index contributed by atoms with van der Waals surface area (Å²) in [5.41, 5.74) is 0. The quantitative estimate of drug-likeness (QED) is 0.370. The van der Waals surface area contributed by atoms with E-state index >= 15 is 0 Å². The second kappa shape index (κ2) is 11.7. The predicted octanol–water partition coefficient (Wildman–Crippen LogP) is 3.12. The van der Waals surface area contributed by atoms with Crippen LogP contribution in [-0.4, -0.2) is 21.5 Å². The van der Waals surface area contributed by atoms with Crippen molar-refractivity contribution in [1.29, 1.82) is 0 Å². The van der Waals surface area contributed by atoms with E-state index in [9.17, 15) is 0 Å². The molecule has 16 heavy (non-hydrogen) atoms. The molecule has 4 heteroatoms. The molecule has 0 heterocycles. The fourth-order valence-corrected chi connectivity index (χ4v) is 2.37. The summed E-state index contributed by atoms with van der Waals surface area (Å²) in [4.78, 5) is 0. The van der Waals surface area contributed by atoms with E-state index in [1.165, 1.54) is 18.8 Å². The third-order valence-corrected chi connectivity index (χ3v) is 3.60. The van der Waals surface area contributed by atoms with Crippen LogP contribution in [0.1, 0.15) is 0 Å². The Bertz CT molecular complexity index is 245. The maximum atomic E-state index is 5.29. The minimum atomic E-state index is -2.67. The van der Waals surface area contributed by atoms with Crippen molar-refractivity contribution in [3.63, 3.8) is 0 Å². The van der Waals surface area contributed by atoms with Crippen LogP contribution in [0.15, 0.2) is 75.0 Å². The first-order valence-corrected chi connectivity index (χ1v) is 7.61. The molecule has 0 rings (SSSR count). The van der Waals surface area contributed by atoms with Crippen LogP contribution in [0.25, 0.3) is 0 Å². The van der Waals surface area contributed by atoms with Gasteiger partial charge in [-0.25, -0.2) is 0 Å². The standard InChI is InChI=1S/3C4H6O.Sb/c3*1-2-3-4-5;/h3*2-5H,1H2;/q;;;+3/p-3. The van der Waals surface area contributed by atoms with Crippen LogP contribution < -0.4 is 0 Å². The summed E-state index contributed by atoms with van der Waals surface area (Å²) >= 11 is -2.67. The van der Waals surface area contributed by atoms with E-state index in [-0.39, 0.29) is 0 Å². The predicted molar refractivity (Wildman–Crippen MR) is 67.0 cm³/mol. The van der Waals surface area contributed by atoms with Crippen LogP contribution >= 0.6 is 0 Å². The second-order valence-electron chi connectivity index (χ2n) is 2.23. The second-order valence-corrected chi connectivity index (χ2v) is 5.31. The Labute approximate surface area is 105 Å². The van der Waals surface area contributed by atoms with E-state index in [4.69, 9.17) is 9.05 Å². The Kier molecular flexibility index (Phi) is 10.7. The monoisotopic (exact) mass is 328 g/mol. The average Bonchev–Trinajstić information content (AvgIpc) is 2.29. The van der Waals surface area contributed by atoms with Gasteiger partial charge in [-0.05, 0) is 0 Å². The van der Waals surface area contributed by atoms with Crippen molar-refractivity contribution in [2.75, 3.05) is 0 Å². The summed E-state index contributed by atoms with van der Waals surface area (Å²) in [5.74, 6) is 0. The maximum absolute atomic E-state index is 5.29. The van der Waals surface area contributed by atoms with Crippen LogP contribution in [-0.2, 0) is 9.05 Å². The summed E-state index contributed by atoms with van der Waals surface area (Å²) < 4.78 is 15.9. The first-order chi connectivity index (χ1) is 7.85. The molecule has 0 radical (unpaired) electrons. The van der Waals surface area contributed by atoms with Gasteiger partial charge < -0.3 is 0 Å². The van der Waals surface area contributed by atoms with E-state index in [2.05, 4.69) is 19.7 Å². The Morgan fingerprint density at radius 2 is 0.938 bits per heavy atom. The molecule has 0 aromatic heterocycles. The Hall–Kier alpha value is -1.34. The molecule has 0 aliphatic rings. The van der Waals surface area contributed by atoms with Gasteiger partial charge in [-0.1, -0.05) is 0 Å². The molecule has 0 aliphatic carbocycles. The summed E-state index contributed by atoms with van der Waals surface area (Å²) in [7, 11) is 0.